The minimum atomic E-state index is -0.334. The maximum absolute atomic E-state index is 12.8. The molecule has 6 nitrogen and oxygen atoms in total. The van der Waals surface area contributed by atoms with Crippen LogP contribution in [0.3, 0.4) is 0 Å². The van der Waals surface area contributed by atoms with Crippen molar-refractivity contribution in [3.8, 4) is 0 Å². The summed E-state index contributed by atoms with van der Waals surface area (Å²) in [6.45, 7) is 7.74. The highest BCUT2D eigenvalue weighted by Gasteiger charge is 2.49. The molecule has 2 rings (SSSR count). The molecule has 0 aromatic heterocycles. The molecule has 1 unspecified atom stereocenters. The van der Waals surface area contributed by atoms with Crippen molar-refractivity contribution in [2.24, 2.45) is 5.41 Å². The lowest BCUT2D eigenvalue weighted by atomic mass is 9.78. The van der Waals surface area contributed by atoms with Gasteiger partial charge in [-0.15, -0.1) is 0 Å². The molecule has 1 spiro atoms. The van der Waals surface area contributed by atoms with Crippen molar-refractivity contribution in [3.63, 3.8) is 0 Å². The Morgan fingerprint density at radius 1 is 1.32 bits per heavy atom. The molecule has 0 radical (unpaired) electrons. The molecule has 0 aromatic carbocycles. The Hall–Kier alpha value is -1.30. The van der Waals surface area contributed by atoms with Crippen LogP contribution in [-0.2, 0) is 4.79 Å². The molecule has 6 heteroatoms. The van der Waals surface area contributed by atoms with Crippen molar-refractivity contribution in [3.05, 3.63) is 0 Å². The molecule has 1 atom stereocenters. The SMILES string of the molecule is CC(C)NC(=O)N1CCCC2(CCN(CCN(C)C)C2=O)C1. The number of hydrogen-bond acceptors (Lipinski definition) is 3. The first-order valence-corrected chi connectivity index (χ1v) is 8.34. The van der Waals surface area contributed by atoms with Crippen LogP contribution in [0, 0.1) is 5.41 Å². The number of hydrogen-bond donors (Lipinski definition) is 1. The van der Waals surface area contributed by atoms with Gasteiger partial charge in [-0.1, -0.05) is 0 Å². The van der Waals surface area contributed by atoms with Crippen molar-refractivity contribution < 1.29 is 9.59 Å². The summed E-state index contributed by atoms with van der Waals surface area (Å²) in [5.41, 5.74) is -0.334. The lowest BCUT2D eigenvalue weighted by Gasteiger charge is -2.39. The molecule has 2 fully saturated rings. The third kappa shape index (κ3) is 3.72. The predicted octanol–water partition coefficient (Wildman–Crippen LogP) is 0.981. The summed E-state index contributed by atoms with van der Waals surface area (Å²) in [7, 11) is 4.05. The number of carbonyl (C=O) groups excluding carboxylic acids is 2. The van der Waals surface area contributed by atoms with E-state index >= 15 is 0 Å². The fourth-order valence-electron chi connectivity index (χ4n) is 3.45. The van der Waals surface area contributed by atoms with Gasteiger partial charge in [0.2, 0.25) is 5.91 Å². The van der Waals surface area contributed by atoms with Gasteiger partial charge in [-0.3, -0.25) is 4.79 Å². The fourth-order valence-corrected chi connectivity index (χ4v) is 3.45. The number of nitrogens with one attached hydrogen (secondary N) is 1. The van der Waals surface area contributed by atoms with Crippen LogP contribution in [-0.4, -0.2) is 79.5 Å². The minimum absolute atomic E-state index is 0.0337. The Bertz CT molecular complexity index is 424. The Balaban J connectivity index is 1.98. The van der Waals surface area contributed by atoms with E-state index in [1.807, 2.05) is 37.7 Å². The number of nitrogens with zero attached hydrogens (tertiary/aromatic N) is 3. The Kier molecular flexibility index (Phi) is 5.32. The molecule has 22 heavy (non-hydrogen) atoms. The molecule has 2 saturated heterocycles. The highest BCUT2D eigenvalue weighted by molar-refractivity contribution is 5.86. The van der Waals surface area contributed by atoms with Crippen molar-refractivity contribution in [1.82, 2.24) is 20.0 Å². The summed E-state index contributed by atoms with van der Waals surface area (Å²) in [6.07, 6.45) is 2.71. The molecule has 3 amide bonds. The van der Waals surface area contributed by atoms with E-state index in [1.165, 1.54) is 0 Å². The zero-order valence-electron chi connectivity index (χ0n) is 14.4. The maximum atomic E-state index is 12.8. The van der Waals surface area contributed by atoms with Gasteiger partial charge >= 0.3 is 6.03 Å². The molecular formula is C16H30N4O2. The van der Waals surface area contributed by atoms with Crippen LogP contribution in [0.1, 0.15) is 33.1 Å². The molecular weight excluding hydrogens is 280 g/mol. The minimum Gasteiger partial charge on any atom is -0.341 e. The number of rotatable bonds is 4. The van der Waals surface area contributed by atoms with Crippen molar-refractivity contribution in [2.45, 2.75) is 39.2 Å². The topological polar surface area (TPSA) is 55.9 Å². The fraction of sp³-hybridized carbons (Fsp3) is 0.875. The van der Waals surface area contributed by atoms with E-state index in [0.717, 1.165) is 45.4 Å². The third-order valence-electron chi connectivity index (χ3n) is 4.69. The second-order valence-corrected chi connectivity index (χ2v) is 7.26. The second kappa shape index (κ2) is 6.86. The zero-order valence-corrected chi connectivity index (χ0v) is 14.4. The number of likely N-dealkylation sites (N-methyl/N-ethyl adjacent to an activating group) is 1. The average Bonchev–Trinajstić information content (AvgIpc) is 2.73. The summed E-state index contributed by atoms with van der Waals surface area (Å²) in [6, 6.07) is 0.0925. The van der Waals surface area contributed by atoms with Gasteiger partial charge in [0.25, 0.3) is 0 Å². The van der Waals surface area contributed by atoms with Gasteiger partial charge < -0.3 is 20.0 Å². The largest absolute Gasteiger partial charge is 0.341 e. The zero-order chi connectivity index (χ0) is 16.3. The van der Waals surface area contributed by atoms with E-state index in [-0.39, 0.29) is 23.4 Å². The quantitative estimate of drug-likeness (QED) is 0.842. The first-order chi connectivity index (χ1) is 10.3. The highest BCUT2D eigenvalue weighted by atomic mass is 16.2. The van der Waals surface area contributed by atoms with Crippen LogP contribution in [0.4, 0.5) is 4.79 Å². The Labute approximate surface area is 133 Å². The summed E-state index contributed by atoms with van der Waals surface area (Å²) in [4.78, 5) is 31.0. The van der Waals surface area contributed by atoms with Crippen molar-refractivity contribution in [1.29, 1.82) is 0 Å². The van der Waals surface area contributed by atoms with Crippen molar-refractivity contribution >= 4 is 11.9 Å². The first-order valence-electron chi connectivity index (χ1n) is 8.34. The number of urea groups is 1. The molecule has 0 saturated carbocycles. The molecule has 2 heterocycles. The Morgan fingerprint density at radius 2 is 2.05 bits per heavy atom. The van der Waals surface area contributed by atoms with Crippen LogP contribution in [0.5, 0.6) is 0 Å². The summed E-state index contributed by atoms with van der Waals surface area (Å²) in [5, 5.41) is 2.94. The van der Waals surface area contributed by atoms with Gasteiger partial charge in [-0.2, -0.15) is 0 Å². The molecule has 0 bridgehead atoms. The average molecular weight is 310 g/mol. The molecule has 126 valence electrons. The number of piperidine rings is 1. The normalized spacial score (nSPS) is 25.6. The van der Waals surface area contributed by atoms with E-state index in [2.05, 4.69) is 10.2 Å². The molecule has 2 aliphatic rings. The van der Waals surface area contributed by atoms with E-state index < -0.39 is 0 Å². The standard InChI is InChI=1S/C16H30N4O2/c1-13(2)17-15(22)20-8-5-6-16(12-20)7-9-19(14(16)21)11-10-18(3)4/h13H,5-12H2,1-4H3,(H,17,22). The summed E-state index contributed by atoms with van der Waals surface area (Å²) >= 11 is 0. The monoisotopic (exact) mass is 310 g/mol. The van der Waals surface area contributed by atoms with Gasteiger partial charge in [0.05, 0.1) is 5.41 Å². The smallest absolute Gasteiger partial charge is 0.317 e. The number of amides is 3. The van der Waals surface area contributed by atoms with Gasteiger partial charge in [0.15, 0.2) is 0 Å². The Morgan fingerprint density at radius 3 is 2.68 bits per heavy atom. The highest BCUT2D eigenvalue weighted by Crippen LogP contribution is 2.40. The van der Waals surface area contributed by atoms with E-state index in [4.69, 9.17) is 0 Å². The number of likely N-dealkylation sites (tertiary alicyclic amines) is 2. The lowest BCUT2D eigenvalue weighted by Crippen LogP contribution is -2.53. The third-order valence-corrected chi connectivity index (χ3v) is 4.69. The first kappa shape index (κ1) is 17.1. The maximum Gasteiger partial charge on any atom is 0.317 e. The van der Waals surface area contributed by atoms with E-state index in [0.29, 0.717) is 6.54 Å². The van der Waals surface area contributed by atoms with Crippen LogP contribution in [0.2, 0.25) is 0 Å². The van der Waals surface area contributed by atoms with E-state index in [1.54, 1.807) is 0 Å². The summed E-state index contributed by atoms with van der Waals surface area (Å²) < 4.78 is 0. The van der Waals surface area contributed by atoms with Crippen LogP contribution in [0.15, 0.2) is 0 Å². The van der Waals surface area contributed by atoms with Crippen molar-refractivity contribution in [2.75, 3.05) is 46.8 Å². The van der Waals surface area contributed by atoms with Gasteiger partial charge in [0.1, 0.15) is 0 Å². The lowest BCUT2D eigenvalue weighted by molar-refractivity contribution is -0.138. The second-order valence-electron chi connectivity index (χ2n) is 7.26. The van der Waals surface area contributed by atoms with Crippen LogP contribution in [0.25, 0.3) is 0 Å². The number of carbonyl (C=O) groups is 2. The predicted molar refractivity (Wildman–Crippen MR) is 86.7 cm³/mol. The molecule has 0 aromatic rings. The van der Waals surface area contributed by atoms with Crippen LogP contribution >= 0.6 is 0 Å². The molecule has 2 aliphatic heterocycles. The van der Waals surface area contributed by atoms with Gasteiger partial charge in [0, 0.05) is 38.8 Å². The van der Waals surface area contributed by atoms with Gasteiger partial charge in [-0.25, -0.2) is 4.79 Å². The van der Waals surface area contributed by atoms with Crippen LogP contribution < -0.4 is 5.32 Å². The molecule has 0 aliphatic carbocycles. The van der Waals surface area contributed by atoms with E-state index in [9.17, 15) is 9.59 Å². The molecule has 1 N–H and O–H groups in total. The summed E-state index contributed by atoms with van der Waals surface area (Å²) in [5.74, 6) is 0.247. The van der Waals surface area contributed by atoms with Gasteiger partial charge in [-0.05, 0) is 47.2 Å².